The Morgan fingerprint density at radius 1 is 1.27 bits per heavy atom. The molecule has 0 unspecified atom stereocenters. The minimum atomic E-state index is -4.28. The van der Waals surface area contributed by atoms with Gasteiger partial charge in [-0.1, -0.05) is 6.08 Å². The van der Waals surface area contributed by atoms with Crippen LogP contribution in [0.3, 0.4) is 0 Å². The Balaban J connectivity index is 3.61. The Labute approximate surface area is 84.2 Å². The van der Waals surface area contributed by atoms with Gasteiger partial charge >= 0.3 is 6.18 Å². The second-order valence-corrected chi connectivity index (χ2v) is 2.68. The Bertz CT molecular complexity index is 219. The number of rotatable bonds is 6. The van der Waals surface area contributed by atoms with Crippen LogP contribution in [0, 0.1) is 0 Å². The molecule has 1 nitrogen and oxygen atoms in total. The quantitative estimate of drug-likeness (QED) is 0.499. The van der Waals surface area contributed by atoms with Gasteiger partial charge < -0.3 is 4.74 Å². The van der Waals surface area contributed by atoms with E-state index in [1.807, 2.05) is 0 Å². The van der Waals surface area contributed by atoms with Gasteiger partial charge in [0.25, 0.3) is 0 Å². The number of hydrogen-bond acceptors (Lipinski definition) is 1. The molecule has 0 bridgehead atoms. The maximum Gasteiger partial charge on any atom is 0.389 e. The fraction of sp³-hybridized carbons (Fsp3) is 0.556. The van der Waals surface area contributed by atoms with Crippen LogP contribution in [0.1, 0.15) is 12.8 Å². The van der Waals surface area contributed by atoms with Gasteiger partial charge in [-0.3, -0.25) is 0 Å². The van der Waals surface area contributed by atoms with Gasteiger partial charge in [-0.2, -0.15) is 13.2 Å². The van der Waals surface area contributed by atoms with E-state index in [9.17, 15) is 22.0 Å². The molecule has 0 fully saturated rings. The van der Waals surface area contributed by atoms with Crippen molar-refractivity contribution in [1.82, 2.24) is 0 Å². The lowest BCUT2D eigenvalue weighted by molar-refractivity contribution is -0.133. The van der Waals surface area contributed by atoms with Crippen LogP contribution in [0.5, 0.6) is 0 Å². The van der Waals surface area contributed by atoms with E-state index in [0.717, 1.165) is 12.2 Å². The molecule has 0 rings (SSSR count). The van der Waals surface area contributed by atoms with Crippen LogP contribution in [0.15, 0.2) is 24.3 Å². The van der Waals surface area contributed by atoms with Crippen LogP contribution in [-0.4, -0.2) is 19.4 Å². The summed E-state index contributed by atoms with van der Waals surface area (Å²) in [5.41, 5.74) is 0. The van der Waals surface area contributed by atoms with Gasteiger partial charge in [0.2, 0.25) is 0 Å². The smallest absolute Gasteiger partial charge is 0.370 e. The third-order valence-electron chi connectivity index (χ3n) is 1.34. The van der Waals surface area contributed by atoms with E-state index < -0.39 is 31.5 Å². The highest BCUT2D eigenvalue weighted by Gasteiger charge is 2.25. The predicted molar refractivity (Wildman–Crippen MR) is 45.5 cm³/mol. The van der Waals surface area contributed by atoms with Crippen LogP contribution >= 0.6 is 0 Å². The highest BCUT2D eigenvalue weighted by atomic mass is 19.4. The van der Waals surface area contributed by atoms with Crippen molar-refractivity contribution < 1.29 is 26.7 Å². The highest BCUT2D eigenvalue weighted by Crippen LogP contribution is 2.21. The number of allylic oxidation sites excluding steroid dienone is 1. The average Bonchev–Trinajstić information content (AvgIpc) is 2.10. The van der Waals surface area contributed by atoms with Crippen molar-refractivity contribution in [2.24, 2.45) is 0 Å². The molecule has 0 aromatic rings. The normalized spacial score (nSPS) is 13.8. The molecule has 15 heavy (non-hydrogen) atoms. The van der Waals surface area contributed by atoms with Gasteiger partial charge in [0, 0.05) is 6.42 Å². The van der Waals surface area contributed by atoms with Crippen LogP contribution in [-0.2, 0) is 4.74 Å². The standard InChI is InChI=1S/C9H11F5O/c10-5-2-6-15-7-8(11)3-1-4-9(12,13)14/h2-3,5H,1,4,6-7H2. The first-order valence-electron chi connectivity index (χ1n) is 4.20. The number of ether oxygens (including phenoxy) is 1. The largest absolute Gasteiger partial charge is 0.389 e. The van der Waals surface area contributed by atoms with E-state index in [4.69, 9.17) is 0 Å². The first-order valence-corrected chi connectivity index (χ1v) is 4.20. The Kier molecular flexibility index (Phi) is 6.94. The summed E-state index contributed by atoms with van der Waals surface area (Å²) in [6.07, 6.45) is -3.70. The molecular formula is C9H11F5O. The molecule has 0 heterocycles. The molecule has 6 heteroatoms. The van der Waals surface area contributed by atoms with Crippen molar-refractivity contribution in [2.45, 2.75) is 19.0 Å². The maximum atomic E-state index is 12.7. The zero-order valence-corrected chi connectivity index (χ0v) is 7.86. The summed E-state index contributed by atoms with van der Waals surface area (Å²) >= 11 is 0. The van der Waals surface area contributed by atoms with Crippen LogP contribution < -0.4 is 0 Å². The summed E-state index contributed by atoms with van der Waals surface area (Å²) in [5.74, 6) is -0.786. The van der Waals surface area contributed by atoms with E-state index in [-0.39, 0.29) is 12.9 Å². The van der Waals surface area contributed by atoms with Gasteiger partial charge in [0.05, 0.1) is 19.5 Å². The SMILES string of the molecule is FC=CCOCC(F)=CCCC(F)(F)F. The lowest BCUT2D eigenvalue weighted by Gasteiger charge is -2.03. The summed E-state index contributed by atoms with van der Waals surface area (Å²) in [4.78, 5) is 0. The number of halogens is 5. The van der Waals surface area contributed by atoms with Crippen molar-refractivity contribution in [3.05, 3.63) is 24.3 Å². The first kappa shape index (κ1) is 14.1. The molecule has 0 saturated heterocycles. The van der Waals surface area contributed by atoms with Crippen molar-refractivity contribution in [1.29, 1.82) is 0 Å². The van der Waals surface area contributed by atoms with E-state index in [1.54, 1.807) is 0 Å². The third kappa shape index (κ3) is 11.0. The van der Waals surface area contributed by atoms with Crippen molar-refractivity contribution in [2.75, 3.05) is 13.2 Å². The molecular weight excluding hydrogens is 219 g/mol. The lowest BCUT2D eigenvalue weighted by atomic mass is 10.3. The Morgan fingerprint density at radius 3 is 2.47 bits per heavy atom. The van der Waals surface area contributed by atoms with E-state index in [1.165, 1.54) is 0 Å². The van der Waals surface area contributed by atoms with Gasteiger partial charge in [-0.05, 0) is 12.5 Å². The fourth-order valence-corrected chi connectivity index (χ4v) is 0.712. The number of alkyl halides is 3. The van der Waals surface area contributed by atoms with Crippen LogP contribution in [0.2, 0.25) is 0 Å². The molecule has 0 aromatic heterocycles. The molecule has 0 aliphatic heterocycles. The van der Waals surface area contributed by atoms with Crippen LogP contribution in [0.4, 0.5) is 22.0 Å². The second-order valence-electron chi connectivity index (χ2n) is 2.68. The minimum Gasteiger partial charge on any atom is -0.370 e. The molecule has 0 aliphatic rings. The minimum absolute atomic E-state index is 0.114. The van der Waals surface area contributed by atoms with Crippen molar-refractivity contribution in [3.63, 3.8) is 0 Å². The van der Waals surface area contributed by atoms with Crippen molar-refractivity contribution >= 4 is 0 Å². The molecule has 0 amide bonds. The zero-order chi connectivity index (χ0) is 11.7. The molecule has 0 aliphatic carbocycles. The molecule has 0 atom stereocenters. The zero-order valence-electron chi connectivity index (χ0n) is 7.86. The Morgan fingerprint density at radius 2 is 1.93 bits per heavy atom. The second kappa shape index (κ2) is 7.39. The van der Waals surface area contributed by atoms with Crippen LogP contribution in [0.25, 0.3) is 0 Å². The summed E-state index contributed by atoms with van der Waals surface area (Å²) in [7, 11) is 0. The topological polar surface area (TPSA) is 9.23 Å². The molecule has 0 radical (unpaired) electrons. The lowest BCUT2D eigenvalue weighted by Crippen LogP contribution is -2.05. The molecule has 0 spiro atoms. The van der Waals surface area contributed by atoms with Gasteiger partial charge in [0.1, 0.15) is 5.83 Å². The van der Waals surface area contributed by atoms with Gasteiger partial charge in [-0.15, -0.1) is 0 Å². The van der Waals surface area contributed by atoms with Gasteiger partial charge in [-0.25, -0.2) is 8.78 Å². The van der Waals surface area contributed by atoms with Gasteiger partial charge in [0.15, 0.2) is 0 Å². The summed E-state index contributed by atoms with van der Waals surface area (Å²) in [5, 5.41) is 0. The first-order chi connectivity index (χ1) is 6.95. The van der Waals surface area contributed by atoms with E-state index in [2.05, 4.69) is 4.74 Å². The average molecular weight is 230 g/mol. The summed E-state index contributed by atoms with van der Waals surface area (Å²) < 4.78 is 63.5. The van der Waals surface area contributed by atoms with E-state index >= 15 is 0 Å². The monoisotopic (exact) mass is 230 g/mol. The third-order valence-corrected chi connectivity index (χ3v) is 1.34. The van der Waals surface area contributed by atoms with Crippen molar-refractivity contribution in [3.8, 4) is 0 Å². The molecule has 0 aromatic carbocycles. The van der Waals surface area contributed by atoms with E-state index in [0.29, 0.717) is 0 Å². The number of hydrogen-bond donors (Lipinski definition) is 0. The molecule has 88 valence electrons. The fourth-order valence-electron chi connectivity index (χ4n) is 0.712. The highest BCUT2D eigenvalue weighted by molar-refractivity contribution is 4.92. The predicted octanol–water partition coefficient (Wildman–Crippen LogP) is 3.68. The molecule has 0 saturated carbocycles. The Hall–Kier alpha value is -0.910. The molecule has 0 N–H and O–H groups in total. The maximum absolute atomic E-state index is 12.7. The summed E-state index contributed by atoms with van der Waals surface area (Å²) in [6.45, 7) is -0.556. The summed E-state index contributed by atoms with van der Waals surface area (Å²) in [6, 6.07) is 0.